The van der Waals surface area contributed by atoms with Gasteiger partial charge >= 0.3 is 6.09 Å². The minimum absolute atomic E-state index is 0.322. The Balaban J connectivity index is 2.79. The van der Waals surface area contributed by atoms with Crippen LogP contribution >= 0.6 is 0 Å². The summed E-state index contributed by atoms with van der Waals surface area (Å²) in [5, 5.41) is 0. The molecule has 10 heavy (non-hydrogen) atoms. The minimum atomic E-state index is -0.322. The number of cyclic esters (lactones) is 1. The van der Waals surface area contributed by atoms with Gasteiger partial charge in [-0.05, 0) is 0 Å². The predicted molar refractivity (Wildman–Crippen MR) is 36.4 cm³/mol. The van der Waals surface area contributed by atoms with Crippen LogP contribution < -0.4 is 0 Å². The lowest BCUT2D eigenvalue weighted by atomic mass is 10.3. The molecule has 1 aliphatic heterocycles. The second-order valence-electron chi connectivity index (χ2n) is 2.05. The molecule has 0 spiro atoms. The molecular formula is C7H9NO2. The molecule has 0 aromatic heterocycles. The fraction of sp³-hybridized carbons (Fsp3) is 0.429. The number of amides is 1. The van der Waals surface area contributed by atoms with Gasteiger partial charge in [0.15, 0.2) is 0 Å². The predicted octanol–water partition coefficient (Wildman–Crippen LogP) is 1.13. The molecule has 0 bridgehead atoms. The highest BCUT2D eigenvalue weighted by atomic mass is 16.6. The molecule has 54 valence electrons. The molecule has 1 fully saturated rings. The van der Waals surface area contributed by atoms with Gasteiger partial charge in [-0.25, -0.2) is 4.79 Å². The number of carbonyl (C=O) groups excluding carboxylic acids is 1. The Bertz CT molecular complexity index is 204. The third kappa shape index (κ3) is 1.04. The maximum atomic E-state index is 10.8. The Hall–Kier alpha value is -1.21. The third-order valence-corrected chi connectivity index (χ3v) is 1.45. The summed E-state index contributed by atoms with van der Waals surface area (Å²) in [5.74, 6) is 0. The summed E-state index contributed by atoms with van der Waals surface area (Å²) < 4.78 is 4.72. The van der Waals surface area contributed by atoms with Crippen molar-refractivity contribution in [3.8, 4) is 0 Å². The Morgan fingerprint density at radius 2 is 2.50 bits per heavy atom. The van der Waals surface area contributed by atoms with Crippen LogP contribution in [0.4, 0.5) is 4.79 Å². The van der Waals surface area contributed by atoms with Gasteiger partial charge in [0.1, 0.15) is 0 Å². The molecule has 1 saturated heterocycles. The average Bonchev–Trinajstić information content (AvgIpc) is 1.95. The van der Waals surface area contributed by atoms with Crippen LogP contribution in [0.2, 0.25) is 0 Å². The fourth-order valence-corrected chi connectivity index (χ4v) is 0.817. The van der Waals surface area contributed by atoms with Gasteiger partial charge in [-0.15, -0.1) is 5.73 Å². The van der Waals surface area contributed by atoms with E-state index in [2.05, 4.69) is 12.3 Å². The summed E-state index contributed by atoms with van der Waals surface area (Å²) in [6, 6.07) is 0. The SMILES string of the molecule is C=C=C1CCOC(=O)N1C. The van der Waals surface area contributed by atoms with Gasteiger partial charge in [0.2, 0.25) is 0 Å². The van der Waals surface area contributed by atoms with E-state index in [0.717, 1.165) is 5.70 Å². The lowest BCUT2D eigenvalue weighted by Gasteiger charge is -2.23. The number of hydrogen-bond donors (Lipinski definition) is 0. The molecule has 0 saturated carbocycles. The summed E-state index contributed by atoms with van der Waals surface area (Å²) in [5.41, 5.74) is 3.48. The summed E-state index contributed by atoms with van der Waals surface area (Å²) in [6.45, 7) is 3.90. The van der Waals surface area contributed by atoms with Crippen molar-refractivity contribution in [1.29, 1.82) is 0 Å². The fourth-order valence-electron chi connectivity index (χ4n) is 0.817. The highest BCUT2D eigenvalue weighted by Gasteiger charge is 2.19. The first-order valence-electron chi connectivity index (χ1n) is 3.05. The highest BCUT2D eigenvalue weighted by molar-refractivity contribution is 5.70. The van der Waals surface area contributed by atoms with E-state index in [0.29, 0.717) is 13.0 Å². The highest BCUT2D eigenvalue weighted by Crippen LogP contribution is 2.12. The van der Waals surface area contributed by atoms with E-state index >= 15 is 0 Å². The van der Waals surface area contributed by atoms with Crippen LogP contribution in [0.15, 0.2) is 18.0 Å². The lowest BCUT2D eigenvalue weighted by Crippen LogP contribution is -2.32. The first kappa shape index (κ1) is 6.90. The van der Waals surface area contributed by atoms with E-state index in [1.807, 2.05) is 0 Å². The van der Waals surface area contributed by atoms with Crippen molar-refractivity contribution in [1.82, 2.24) is 4.90 Å². The summed E-state index contributed by atoms with van der Waals surface area (Å²) >= 11 is 0. The third-order valence-electron chi connectivity index (χ3n) is 1.45. The van der Waals surface area contributed by atoms with Gasteiger partial charge in [-0.1, -0.05) is 6.58 Å². The van der Waals surface area contributed by atoms with Gasteiger partial charge in [0.05, 0.1) is 12.3 Å². The van der Waals surface area contributed by atoms with Crippen molar-refractivity contribution in [2.24, 2.45) is 0 Å². The number of hydrogen-bond acceptors (Lipinski definition) is 2. The second kappa shape index (κ2) is 2.58. The molecule has 1 heterocycles. The number of rotatable bonds is 0. The van der Waals surface area contributed by atoms with Crippen molar-refractivity contribution in [2.75, 3.05) is 13.7 Å². The molecule has 0 radical (unpaired) electrons. The maximum absolute atomic E-state index is 10.8. The van der Waals surface area contributed by atoms with Gasteiger partial charge in [-0.3, -0.25) is 4.90 Å². The normalized spacial score (nSPS) is 18.3. The molecule has 0 N–H and O–H groups in total. The molecule has 3 nitrogen and oxygen atoms in total. The maximum Gasteiger partial charge on any atom is 0.414 e. The van der Waals surface area contributed by atoms with Crippen molar-refractivity contribution in [2.45, 2.75) is 6.42 Å². The van der Waals surface area contributed by atoms with E-state index in [1.54, 1.807) is 7.05 Å². The van der Waals surface area contributed by atoms with Crippen LogP contribution in [-0.2, 0) is 4.74 Å². The summed E-state index contributed by atoms with van der Waals surface area (Å²) in [4.78, 5) is 12.2. The zero-order chi connectivity index (χ0) is 7.56. The van der Waals surface area contributed by atoms with Crippen LogP contribution in [0.5, 0.6) is 0 Å². The Labute approximate surface area is 59.6 Å². The lowest BCUT2D eigenvalue weighted by molar-refractivity contribution is 0.101. The van der Waals surface area contributed by atoms with Crippen LogP contribution in [0.3, 0.4) is 0 Å². The second-order valence-corrected chi connectivity index (χ2v) is 2.05. The molecule has 0 unspecified atom stereocenters. The Morgan fingerprint density at radius 3 is 3.00 bits per heavy atom. The molecule has 1 aliphatic rings. The Kier molecular flexibility index (Phi) is 1.78. The first-order valence-corrected chi connectivity index (χ1v) is 3.05. The molecule has 1 amide bonds. The van der Waals surface area contributed by atoms with Gasteiger partial charge in [0.25, 0.3) is 0 Å². The topological polar surface area (TPSA) is 29.5 Å². The molecule has 1 rings (SSSR count). The van der Waals surface area contributed by atoms with Crippen molar-refractivity contribution >= 4 is 6.09 Å². The zero-order valence-corrected chi connectivity index (χ0v) is 5.89. The number of carbonyl (C=O) groups is 1. The van der Waals surface area contributed by atoms with Crippen LogP contribution in [0.1, 0.15) is 6.42 Å². The average molecular weight is 139 g/mol. The largest absolute Gasteiger partial charge is 0.449 e. The van der Waals surface area contributed by atoms with E-state index < -0.39 is 0 Å². The number of ether oxygens (including phenoxy) is 1. The molecule has 0 atom stereocenters. The Morgan fingerprint density at radius 1 is 1.80 bits per heavy atom. The van der Waals surface area contributed by atoms with Gasteiger partial charge in [0, 0.05) is 13.5 Å². The van der Waals surface area contributed by atoms with Crippen molar-refractivity contribution in [3.05, 3.63) is 18.0 Å². The van der Waals surface area contributed by atoms with E-state index in [9.17, 15) is 4.79 Å². The number of nitrogens with zero attached hydrogens (tertiary/aromatic N) is 1. The van der Waals surface area contributed by atoms with Crippen molar-refractivity contribution < 1.29 is 9.53 Å². The van der Waals surface area contributed by atoms with Crippen LogP contribution in [0, 0.1) is 0 Å². The first-order chi connectivity index (χ1) is 4.75. The quantitative estimate of drug-likeness (QED) is 0.471. The smallest absolute Gasteiger partial charge is 0.414 e. The molecule has 0 aromatic rings. The van der Waals surface area contributed by atoms with Crippen molar-refractivity contribution in [3.63, 3.8) is 0 Å². The van der Waals surface area contributed by atoms with E-state index in [-0.39, 0.29) is 6.09 Å². The standard InChI is InChI=1S/C7H9NO2/c1-3-6-4-5-10-7(9)8(6)2/h1,4-5H2,2H3. The molecule has 0 aromatic carbocycles. The molecule has 0 aliphatic carbocycles. The van der Waals surface area contributed by atoms with Crippen LogP contribution in [0.25, 0.3) is 0 Å². The zero-order valence-electron chi connectivity index (χ0n) is 5.89. The molecule has 3 heteroatoms. The summed E-state index contributed by atoms with van der Waals surface area (Å²) in [7, 11) is 1.65. The van der Waals surface area contributed by atoms with Crippen LogP contribution in [-0.4, -0.2) is 24.6 Å². The van der Waals surface area contributed by atoms with Gasteiger partial charge in [-0.2, -0.15) is 0 Å². The van der Waals surface area contributed by atoms with Gasteiger partial charge < -0.3 is 4.74 Å². The molecular weight excluding hydrogens is 130 g/mol. The minimum Gasteiger partial charge on any atom is -0.449 e. The monoisotopic (exact) mass is 139 g/mol. The van der Waals surface area contributed by atoms with E-state index in [4.69, 9.17) is 4.74 Å². The van der Waals surface area contributed by atoms with E-state index in [1.165, 1.54) is 4.90 Å². The summed E-state index contributed by atoms with van der Waals surface area (Å²) in [6.07, 6.45) is 0.392.